The number of carbonyl (C=O) groups is 1. The highest BCUT2D eigenvalue weighted by molar-refractivity contribution is 5.97. The van der Waals surface area contributed by atoms with Crippen LogP contribution in [0, 0.1) is 0 Å². The van der Waals surface area contributed by atoms with E-state index in [0.717, 1.165) is 18.3 Å². The van der Waals surface area contributed by atoms with E-state index in [1.165, 1.54) is 6.07 Å². The number of benzene rings is 2. The minimum absolute atomic E-state index is 0.0903. The molecule has 1 amide bonds. The third-order valence-corrected chi connectivity index (χ3v) is 4.01. The van der Waals surface area contributed by atoms with E-state index in [4.69, 9.17) is 0 Å². The van der Waals surface area contributed by atoms with E-state index in [0.29, 0.717) is 23.0 Å². The minimum Gasteiger partial charge on any atom is -0.269 e. The molecule has 0 spiro atoms. The van der Waals surface area contributed by atoms with Crippen LogP contribution >= 0.6 is 0 Å². The van der Waals surface area contributed by atoms with Crippen LogP contribution in [0.5, 0.6) is 0 Å². The van der Waals surface area contributed by atoms with Crippen LogP contribution in [0.25, 0.3) is 10.9 Å². The second kappa shape index (κ2) is 7.14. The van der Waals surface area contributed by atoms with Gasteiger partial charge in [-0.05, 0) is 29.8 Å². The predicted molar refractivity (Wildman–Crippen MR) is 89.1 cm³/mol. The first-order valence-corrected chi connectivity index (χ1v) is 7.95. The summed E-state index contributed by atoms with van der Waals surface area (Å²) in [5.41, 5.74) is -0.837. The zero-order chi connectivity index (χ0) is 20.5. The van der Waals surface area contributed by atoms with Crippen LogP contribution in [-0.2, 0) is 12.7 Å². The van der Waals surface area contributed by atoms with Gasteiger partial charge in [-0.3, -0.25) is 9.78 Å². The molecular formula is C19H12F6N2O. The van der Waals surface area contributed by atoms with Crippen molar-refractivity contribution in [3.8, 4) is 0 Å². The molecule has 0 aliphatic carbocycles. The number of rotatable bonds is 3. The van der Waals surface area contributed by atoms with Crippen LogP contribution in [0.15, 0.2) is 60.8 Å². The summed E-state index contributed by atoms with van der Waals surface area (Å²) in [6, 6.07) is 11.1. The molecule has 9 heteroatoms. The monoisotopic (exact) mass is 398 g/mol. The Kier molecular flexibility index (Phi) is 5.01. The molecule has 0 saturated heterocycles. The van der Waals surface area contributed by atoms with Gasteiger partial charge in [0, 0.05) is 11.6 Å². The number of hydrogen-bond acceptors (Lipinski definition) is 2. The second-order valence-corrected chi connectivity index (χ2v) is 5.97. The van der Waals surface area contributed by atoms with Crippen LogP contribution < -0.4 is 0 Å². The fourth-order valence-electron chi connectivity index (χ4n) is 2.60. The smallest absolute Gasteiger partial charge is 0.269 e. The number of pyridine rings is 1. The van der Waals surface area contributed by atoms with E-state index in [9.17, 15) is 31.1 Å². The average molecular weight is 398 g/mol. The first kappa shape index (κ1) is 19.7. The number of hydrogen-bond donors (Lipinski definition) is 0. The number of halogens is 6. The van der Waals surface area contributed by atoms with Gasteiger partial charge in [-0.1, -0.05) is 30.3 Å². The quantitative estimate of drug-likeness (QED) is 0.436. The lowest BCUT2D eigenvalue weighted by Crippen LogP contribution is -2.42. The molecule has 1 heterocycles. The van der Waals surface area contributed by atoms with Crippen LogP contribution in [0.1, 0.15) is 21.5 Å². The zero-order valence-corrected chi connectivity index (χ0v) is 14.1. The molecule has 2 aromatic carbocycles. The van der Waals surface area contributed by atoms with Gasteiger partial charge in [0.15, 0.2) is 0 Å². The van der Waals surface area contributed by atoms with Gasteiger partial charge in [0.25, 0.3) is 5.91 Å². The Hall–Kier alpha value is -3.10. The van der Waals surface area contributed by atoms with Gasteiger partial charge in [0.05, 0.1) is 23.2 Å². The lowest BCUT2D eigenvalue weighted by atomic mass is 10.1. The van der Waals surface area contributed by atoms with Crippen molar-refractivity contribution in [2.45, 2.75) is 19.0 Å². The number of fused-ring (bicyclic) bond motifs is 1. The Morgan fingerprint density at radius 2 is 1.57 bits per heavy atom. The molecule has 0 radical (unpaired) electrons. The highest BCUT2D eigenvalue weighted by atomic mass is 19.4. The maximum Gasteiger partial charge on any atom is 0.487 e. The fourth-order valence-corrected chi connectivity index (χ4v) is 2.60. The Morgan fingerprint density at radius 3 is 2.18 bits per heavy atom. The number of alkyl halides is 6. The summed E-state index contributed by atoms with van der Waals surface area (Å²) in [4.78, 5) is 16.1. The first-order chi connectivity index (χ1) is 13.1. The third kappa shape index (κ3) is 4.24. The van der Waals surface area contributed by atoms with Crippen LogP contribution in [0.2, 0.25) is 0 Å². The molecule has 1 aromatic heterocycles. The Bertz CT molecular complexity index is 996. The first-order valence-electron chi connectivity index (χ1n) is 7.95. The van der Waals surface area contributed by atoms with E-state index in [1.54, 1.807) is 24.3 Å². The Morgan fingerprint density at radius 1 is 0.929 bits per heavy atom. The van der Waals surface area contributed by atoms with Crippen molar-refractivity contribution in [1.29, 1.82) is 0 Å². The van der Waals surface area contributed by atoms with E-state index in [2.05, 4.69) is 4.98 Å². The van der Waals surface area contributed by atoms with Gasteiger partial charge in [0.2, 0.25) is 0 Å². The zero-order valence-electron chi connectivity index (χ0n) is 14.1. The van der Waals surface area contributed by atoms with Crippen LogP contribution in [-0.4, -0.2) is 22.1 Å². The van der Waals surface area contributed by atoms with Crippen molar-refractivity contribution in [2.24, 2.45) is 0 Å². The normalized spacial score (nSPS) is 12.2. The maximum atomic E-state index is 13.4. The molecule has 0 fully saturated rings. The summed E-state index contributed by atoms with van der Waals surface area (Å²) < 4.78 is 78.1. The largest absolute Gasteiger partial charge is 0.487 e. The Labute approximate surface area is 155 Å². The highest BCUT2D eigenvalue weighted by Gasteiger charge is 2.41. The van der Waals surface area contributed by atoms with Crippen molar-refractivity contribution >= 4 is 16.8 Å². The van der Waals surface area contributed by atoms with E-state index >= 15 is 0 Å². The predicted octanol–water partition coefficient (Wildman–Crippen LogP) is 5.42. The van der Waals surface area contributed by atoms with Crippen LogP contribution in [0.4, 0.5) is 26.3 Å². The van der Waals surface area contributed by atoms with Crippen molar-refractivity contribution in [3.63, 3.8) is 0 Å². The average Bonchev–Trinajstić information content (AvgIpc) is 2.64. The minimum atomic E-state index is -5.02. The second-order valence-electron chi connectivity index (χ2n) is 5.97. The standard InChI is InChI=1S/C19H12F6N2O/c20-18(21,22)15-7-5-12(6-8-15)11-27(19(23,24)25)17(28)14-9-13-3-1-2-4-16(13)26-10-14/h1-10H,11H2. The van der Waals surface area contributed by atoms with Gasteiger partial charge >= 0.3 is 12.5 Å². The Balaban J connectivity index is 1.90. The van der Waals surface area contributed by atoms with E-state index in [1.807, 2.05) is 0 Å². The lowest BCUT2D eigenvalue weighted by Gasteiger charge is -2.25. The number of aromatic nitrogens is 1. The number of nitrogens with zero attached hydrogens (tertiary/aromatic N) is 2. The van der Waals surface area contributed by atoms with Gasteiger partial charge in [-0.25, -0.2) is 4.90 Å². The van der Waals surface area contributed by atoms with Gasteiger partial charge in [-0.15, -0.1) is 13.2 Å². The van der Waals surface area contributed by atoms with E-state index < -0.39 is 30.5 Å². The lowest BCUT2D eigenvalue weighted by molar-refractivity contribution is -0.228. The van der Waals surface area contributed by atoms with Crippen molar-refractivity contribution in [1.82, 2.24) is 9.88 Å². The number of para-hydroxylation sites is 1. The molecule has 146 valence electrons. The summed E-state index contributed by atoms with van der Waals surface area (Å²) in [5, 5.41) is 0.491. The topological polar surface area (TPSA) is 33.2 Å². The summed E-state index contributed by atoms with van der Waals surface area (Å²) in [5.74, 6) is -1.34. The molecule has 0 N–H and O–H groups in total. The molecule has 3 aromatic rings. The van der Waals surface area contributed by atoms with Gasteiger partial charge in [-0.2, -0.15) is 13.2 Å². The molecule has 0 aliphatic heterocycles. The summed E-state index contributed by atoms with van der Waals surface area (Å²) in [6.45, 7) is -0.923. The van der Waals surface area contributed by atoms with Crippen molar-refractivity contribution in [2.75, 3.05) is 0 Å². The molecule has 0 saturated carbocycles. The molecular weight excluding hydrogens is 386 g/mol. The number of carbonyl (C=O) groups excluding carboxylic acids is 1. The molecule has 0 unspecified atom stereocenters. The summed E-state index contributed by atoms with van der Waals surface area (Å²) in [6.07, 6.45) is -8.59. The van der Waals surface area contributed by atoms with Gasteiger partial charge in [0.1, 0.15) is 0 Å². The van der Waals surface area contributed by atoms with Gasteiger partial charge < -0.3 is 0 Å². The third-order valence-electron chi connectivity index (χ3n) is 4.01. The number of amides is 1. The molecule has 0 aliphatic rings. The SMILES string of the molecule is O=C(c1cnc2ccccc2c1)N(Cc1ccc(C(F)(F)F)cc1)C(F)(F)F. The fraction of sp³-hybridized carbons (Fsp3) is 0.158. The van der Waals surface area contributed by atoms with Crippen LogP contribution in [0.3, 0.4) is 0 Å². The molecule has 28 heavy (non-hydrogen) atoms. The van der Waals surface area contributed by atoms with Crippen molar-refractivity contribution in [3.05, 3.63) is 77.5 Å². The highest BCUT2D eigenvalue weighted by Crippen LogP contribution is 2.31. The molecule has 3 nitrogen and oxygen atoms in total. The maximum absolute atomic E-state index is 13.4. The molecule has 0 bridgehead atoms. The van der Waals surface area contributed by atoms with Crippen molar-refractivity contribution < 1.29 is 31.1 Å². The molecule has 3 rings (SSSR count). The summed E-state index contributed by atoms with van der Waals surface area (Å²) >= 11 is 0. The summed E-state index contributed by atoms with van der Waals surface area (Å²) in [7, 11) is 0. The molecule has 0 atom stereocenters. The van der Waals surface area contributed by atoms with E-state index in [-0.39, 0.29) is 16.0 Å².